The Balaban J connectivity index is 1.80. The van der Waals surface area contributed by atoms with Gasteiger partial charge in [-0.2, -0.15) is 0 Å². The lowest BCUT2D eigenvalue weighted by atomic mass is 9.85. The number of fused-ring (bicyclic) bond motifs is 1. The zero-order valence-corrected chi connectivity index (χ0v) is 17.4. The van der Waals surface area contributed by atoms with Crippen molar-refractivity contribution in [1.29, 1.82) is 0 Å². The summed E-state index contributed by atoms with van der Waals surface area (Å²) in [7, 11) is 0. The van der Waals surface area contributed by atoms with Gasteiger partial charge in [0, 0.05) is 23.4 Å². The fourth-order valence-corrected chi connectivity index (χ4v) is 2.99. The Kier molecular flexibility index (Phi) is 6.27. The minimum Gasteiger partial charge on any atom is -0.486 e. The summed E-state index contributed by atoms with van der Waals surface area (Å²) in [6.07, 6.45) is 3.13. The van der Waals surface area contributed by atoms with Gasteiger partial charge in [0.25, 0.3) is 0 Å². The largest absolute Gasteiger partial charge is 0.486 e. The maximum atomic E-state index is 12.4. The number of hydrogen-bond donors (Lipinski definition) is 4. The quantitative estimate of drug-likeness (QED) is 0.198. The van der Waals surface area contributed by atoms with Crippen molar-refractivity contribution < 1.29 is 14.3 Å². The molecule has 158 valence electrons. The number of nitrogens with one attached hydrogen (secondary N) is 2. The summed E-state index contributed by atoms with van der Waals surface area (Å²) in [5.74, 6) is 6.50. The SMILES string of the molecule is CC(C)(C)c1ccc(/C=C/C(=O)Nc2ccc3c(c2)OCCO3)c(/C(N)=N/NN)c1. The molecule has 1 heterocycles. The number of amides is 1. The van der Waals surface area contributed by atoms with Crippen LogP contribution >= 0.6 is 0 Å². The summed E-state index contributed by atoms with van der Waals surface area (Å²) in [4.78, 5) is 12.4. The number of hydrazone groups is 1. The van der Waals surface area contributed by atoms with Crippen LogP contribution in [0.15, 0.2) is 47.6 Å². The minimum absolute atomic E-state index is 0.0664. The van der Waals surface area contributed by atoms with Crippen LogP contribution in [-0.4, -0.2) is 25.0 Å². The summed E-state index contributed by atoms with van der Waals surface area (Å²) in [5.41, 5.74) is 11.3. The first-order valence-electron chi connectivity index (χ1n) is 9.60. The molecule has 8 heteroatoms. The number of carbonyl (C=O) groups is 1. The molecule has 1 aliphatic rings. The van der Waals surface area contributed by atoms with Gasteiger partial charge in [-0.15, -0.1) is 5.10 Å². The van der Waals surface area contributed by atoms with E-state index >= 15 is 0 Å². The molecular formula is C22H27N5O3. The predicted molar refractivity (Wildman–Crippen MR) is 118 cm³/mol. The van der Waals surface area contributed by atoms with Crippen LogP contribution in [-0.2, 0) is 10.2 Å². The molecule has 2 aromatic rings. The van der Waals surface area contributed by atoms with Crippen LogP contribution in [0.2, 0.25) is 0 Å². The number of rotatable bonds is 5. The number of ether oxygens (including phenoxy) is 2. The summed E-state index contributed by atoms with van der Waals surface area (Å²) in [5, 5.41) is 6.69. The summed E-state index contributed by atoms with van der Waals surface area (Å²) >= 11 is 0. The second-order valence-corrected chi connectivity index (χ2v) is 7.86. The number of carbonyl (C=O) groups excluding carboxylic acids is 1. The van der Waals surface area contributed by atoms with Crippen LogP contribution < -0.4 is 31.9 Å². The average Bonchev–Trinajstić information content (AvgIpc) is 2.71. The van der Waals surface area contributed by atoms with Gasteiger partial charge in [0.15, 0.2) is 17.3 Å². The molecule has 1 aliphatic heterocycles. The number of benzene rings is 2. The molecule has 0 saturated heterocycles. The number of anilines is 1. The zero-order chi connectivity index (χ0) is 21.7. The van der Waals surface area contributed by atoms with Gasteiger partial charge in [-0.25, -0.2) is 11.4 Å². The van der Waals surface area contributed by atoms with E-state index < -0.39 is 0 Å². The molecule has 30 heavy (non-hydrogen) atoms. The molecular weight excluding hydrogens is 382 g/mol. The molecule has 0 unspecified atom stereocenters. The molecule has 2 aromatic carbocycles. The van der Waals surface area contributed by atoms with E-state index in [0.29, 0.717) is 36.0 Å². The molecule has 0 fully saturated rings. The monoisotopic (exact) mass is 409 g/mol. The molecule has 0 spiro atoms. The Morgan fingerprint density at radius 1 is 1.10 bits per heavy atom. The van der Waals surface area contributed by atoms with Gasteiger partial charge in [-0.05, 0) is 40.8 Å². The van der Waals surface area contributed by atoms with Gasteiger partial charge in [-0.3, -0.25) is 4.79 Å². The van der Waals surface area contributed by atoms with Crippen molar-refractivity contribution in [3.05, 3.63) is 59.2 Å². The van der Waals surface area contributed by atoms with E-state index in [1.54, 1.807) is 24.3 Å². The summed E-state index contributed by atoms with van der Waals surface area (Å²) < 4.78 is 11.0. The van der Waals surface area contributed by atoms with E-state index in [1.807, 2.05) is 18.2 Å². The third kappa shape index (κ3) is 5.09. The van der Waals surface area contributed by atoms with Gasteiger partial charge in [0.05, 0.1) is 0 Å². The average molecular weight is 409 g/mol. The van der Waals surface area contributed by atoms with E-state index in [-0.39, 0.29) is 17.2 Å². The number of hydrazine groups is 1. The first kappa shape index (κ1) is 21.2. The topological polar surface area (TPSA) is 124 Å². The van der Waals surface area contributed by atoms with Gasteiger partial charge in [0.1, 0.15) is 13.2 Å². The van der Waals surface area contributed by atoms with E-state index in [4.69, 9.17) is 21.1 Å². The molecule has 0 aromatic heterocycles. The number of nitrogens with two attached hydrogens (primary N) is 2. The summed E-state index contributed by atoms with van der Waals surface area (Å²) in [6.45, 7) is 7.33. The fraction of sp³-hybridized carbons (Fsp3) is 0.273. The van der Waals surface area contributed by atoms with Crippen molar-refractivity contribution >= 4 is 23.5 Å². The van der Waals surface area contributed by atoms with Gasteiger partial charge >= 0.3 is 0 Å². The molecule has 0 radical (unpaired) electrons. The lowest BCUT2D eigenvalue weighted by Crippen LogP contribution is -2.24. The van der Waals surface area contributed by atoms with Gasteiger partial charge < -0.3 is 20.5 Å². The smallest absolute Gasteiger partial charge is 0.248 e. The van der Waals surface area contributed by atoms with E-state index in [2.05, 4.69) is 36.7 Å². The standard InChI is InChI=1S/C22H27N5O3/c1-22(2,3)15-6-4-14(17(12-15)21(23)26-27-24)5-9-20(28)25-16-7-8-18-19(13-16)30-11-10-29-18/h4-9,12-13,27H,10-11,24H2,1-3H3,(H2,23,26)(H,25,28)/b9-5+. The first-order valence-corrected chi connectivity index (χ1v) is 9.60. The molecule has 0 bridgehead atoms. The van der Waals surface area contributed by atoms with Crippen molar-refractivity contribution in [2.24, 2.45) is 16.7 Å². The highest BCUT2D eigenvalue weighted by atomic mass is 16.6. The Morgan fingerprint density at radius 2 is 1.83 bits per heavy atom. The Bertz CT molecular complexity index is 993. The number of hydrogen-bond acceptors (Lipinski definition) is 6. The van der Waals surface area contributed by atoms with E-state index in [9.17, 15) is 4.79 Å². The Labute approximate surface area is 175 Å². The van der Waals surface area contributed by atoms with Crippen LogP contribution in [0.4, 0.5) is 5.69 Å². The highest BCUT2D eigenvalue weighted by molar-refractivity contribution is 6.05. The van der Waals surface area contributed by atoms with Crippen molar-refractivity contribution in [3.63, 3.8) is 0 Å². The summed E-state index contributed by atoms with van der Waals surface area (Å²) in [6, 6.07) is 11.1. The predicted octanol–water partition coefficient (Wildman–Crippen LogP) is 2.49. The fourth-order valence-electron chi connectivity index (χ4n) is 2.99. The lowest BCUT2D eigenvalue weighted by molar-refractivity contribution is -0.111. The van der Waals surface area contributed by atoms with Crippen molar-refractivity contribution in [1.82, 2.24) is 5.53 Å². The van der Waals surface area contributed by atoms with E-state index in [0.717, 1.165) is 11.1 Å². The third-order valence-electron chi connectivity index (χ3n) is 4.60. The van der Waals surface area contributed by atoms with Crippen LogP contribution in [0.25, 0.3) is 6.08 Å². The number of amidine groups is 1. The molecule has 3 rings (SSSR count). The minimum atomic E-state index is -0.287. The van der Waals surface area contributed by atoms with Gasteiger partial charge in [0.2, 0.25) is 5.91 Å². The van der Waals surface area contributed by atoms with Crippen LogP contribution in [0, 0.1) is 0 Å². The normalized spacial score (nSPS) is 13.9. The third-order valence-corrected chi connectivity index (χ3v) is 4.60. The molecule has 0 saturated carbocycles. The maximum Gasteiger partial charge on any atom is 0.248 e. The molecule has 1 amide bonds. The maximum absolute atomic E-state index is 12.4. The van der Waals surface area contributed by atoms with Crippen LogP contribution in [0.1, 0.15) is 37.5 Å². The lowest BCUT2D eigenvalue weighted by Gasteiger charge is -2.20. The highest BCUT2D eigenvalue weighted by Gasteiger charge is 2.17. The molecule has 6 N–H and O–H groups in total. The second kappa shape index (κ2) is 8.87. The van der Waals surface area contributed by atoms with Crippen LogP contribution in [0.3, 0.4) is 0 Å². The molecule has 0 atom stereocenters. The molecule has 0 aliphatic carbocycles. The van der Waals surface area contributed by atoms with Crippen molar-refractivity contribution in [3.8, 4) is 11.5 Å². The Morgan fingerprint density at radius 3 is 2.53 bits per heavy atom. The van der Waals surface area contributed by atoms with Crippen molar-refractivity contribution in [2.75, 3.05) is 18.5 Å². The van der Waals surface area contributed by atoms with Gasteiger partial charge in [-0.1, -0.05) is 32.9 Å². The highest BCUT2D eigenvalue weighted by Crippen LogP contribution is 2.32. The number of nitrogens with zero attached hydrogens (tertiary/aromatic N) is 1. The molecule has 8 nitrogen and oxygen atoms in total. The van der Waals surface area contributed by atoms with E-state index in [1.165, 1.54) is 6.08 Å². The zero-order valence-electron chi connectivity index (χ0n) is 17.4. The Hall–Kier alpha value is -3.52. The van der Waals surface area contributed by atoms with Crippen LogP contribution in [0.5, 0.6) is 11.5 Å². The first-order chi connectivity index (χ1) is 14.3. The van der Waals surface area contributed by atoms with Crippen molar-refractivity contribution in [2.45, 2.75) is 26.2 Å². The second-order valence-electron chi connectivity index (χ2n) is 7.86.